The second-order valence-corrected chi connectivity index (χ2v) is 3.44. The Morgan fingerprint density at radius 2 is 2.29 bits per heavy atom. The van der Waals surface area contributed by atoms with Crippen molar-refractivity contribution in [3.63, 3.8) is 0 Å². The maximum Gasteiger partial charge on any atom is 0.273 e. The molecule has 17 heavy (non-hydrogen) atoms. The van der Waals surface area contributed by atoms with Gasteiger partial charge in [0.2, 0.25) is 0 Å². The number of nitrogens with two attached hydrogens (primary N) is 1. The van der Waals surface area contributed by atoms with Crippen LogP contribution in [0, 0.1) is 5.82 Å². The minimum absolute atomic E-state index is 0.113. The van der Waals surface area contributed by atoms with Gasteiger partial charge in [0, 0.05) is 12.7 Å². The Hall–Kier alpha value is -2.21. The number of aromatic amines is 1. The number of aromatic nitrogens is 2. The van der Waals surface area contributed by atoms with Crippen molar-refractivity contribution in [2.24, 2.45) is 5.73 Å². The van der Waals surface area contributed by atoms with Crippen LogP contribution in [0.1, 0.15) is 16.1 Å². The Kier molecular flexibility index (Phi) is 3.15. The quantitative estimate of drug-likeness (QED) is 0.747. The summed E-state index contributed by atoms with van der Waals surface area (Å²) in [4.78, 5) is 11.6. The lowest BCUT2D eigenvalue weighted by Crippen LogP contribution is -2.13. The Balaban J connectivity index is 2.16. The van der Waals surface area contributed by atoms with Gasteiger partial charge in [0.1, 0.15) is 11.5 Å². The normalized spacial score (nSPS) is 10.2. The molecule has 0 fully saturated rings. The summed E-state index contributed by atoms with van der Waals surface area (Å²) in [6.07, 6.45) is 1.45. The molecule has 1 aromatic heterocycles. The molecule has 1 aromatic carbocycles. The minimum atomic E-state index is -0.513. The van der Waals surface area contributed by atoms with Gasteiger partial charge >= 0.3 is 0 Å². The zero-order chi connectivity index (χ0) is 12.3. The number of H-pyrrole nitrogens is 1. The maximum absolute atomic E-state index is 13.5. The number of anilines is 1. The highest BCUT2D eigenvalue weighted by molar-refractivity contribution is 6.02. The number of carbonyl (C=O) groups excluding carboxylic acids is 1. The van der Waals surface area contributed by atoms with Crippen LogP contribution in [-0.4, -0.2) is 16.1 Å². The largest absolute Gasteiger partial charge is 0.326 e. The van der Waals surface area contributed by atoms with Gasteiger partial charge in [-0.15, -0.1) is 0 Å². The molecule has 0 aliphatic carbocycles. The van der Waals surface area contributed by atoms with Crippen LogP contribution in [0.2, 0.25) is 0 Å². The number of amides is 1. The molecule has 0 saturated heterocycles. The molecule has 0 atom stereocenters. The Morgan fingerprint density at radius 3 is 2.88 bits per heavy atom. The van der Waals surface area contributed by atoms with E-state index in [0.717, 1.165) is 0 Å². The molecule has 0 unspecified atom stereocenters. The molecule has 0 aliphatic heterocycles. The van der Waals surface area contributed by atoms with Gasteiger partial charge in [0.05, 0.1) is 5.69 Å². The van der Waals surface area contributed by atoms with Crippen molar-refractivity contribution >= 4 is 11.6 Å². The van der Waals surface area contributed by atoms with Crippen LogP contribution in [0.4, 0.5) is 10.1 Å². The molecular weight excluding hydrogens is 223 g/mol. The third kappa shape index (κ3) is 2.48. The van der Waals surface area contributed by atoms with Crippen LogP contribution in [0.25, 0.3) is 0 Å². The summed E-state index contributed by atoms with van der Waals surface area (Å²) >= 11 is 0. The molecule has 88 valence electrons. The van der Waals surface area contributed by atoms with E-state index in [-0.39, 0.29) is 17.9 Å². The zero-order valence-corrected chi connectivity index (χ0v) is 8.90. The van der Waals surface area contributed by atoms with E-state index in [9.17, 15) is 9.18 Å². The number of nitrogens with one attached hydrogen (secondary N) is 2. The van der Waals surface area contributed by atoms with E-state index in [1.54, 1.807) is 6.07 Å². The number of rotatable bonds is 3. The van der Waals surface area contributed by atoms with E-state index in [1.165, 1.54) is 24.4 Å². The van der Waals surface area contributed by atoms with Crippen molar-refractivity contribution in [3.05, 3.63) is 47.5 Å². The van der Waals surface area contributed by atoms with Gasteiger partial charge in [-0.2, -0.15) is 5.10 Å². The molecule has 2 aromatic rings. The second-order valence-electron chi connectivity index (χ2n) is 3.44. The smallest absolute Gasteiger partial charge is 0.273 e. The predicted octanol–water partition coefficient (Wildman–Crippen LogP) is 1.26. The lowest BCUT2D eigenvalue weighted by Gasteiger charge is -2.06. The number of nitrogens with zero attached hydrogens (tertiary/aromatic N) is 1. The van der Waals surface area contributed by atoms with E-state index < -0.39 is 11.7 Å². The first-order valence-corrected chi connectivity index (χ1v) is 5.00. The molecule has 0 spiro atoms. The van der Waals surface area contributed by atoms with Crippen LogP contribution in [0.3, 0.4) is 0 Å². The Bertz CT molecular complexity index is 524. The second kappa shape index (κ2) is 4.75. The fourth-order valence-electron chi connectivity index (χ4n) is 1.36. The lowest BCUT2D eigenvalue weighted by molar-refractivity contribution is 0.102. The number of halogens is 1. The molecule has 4 N–H and O–H groups in total. The molecule has 0 aliphatic rings. The number of benzene rings is 1. The van der Waals surface area contributed by atoms with Crippen LogP contribution in [0.15, 0.2) is 30.5 Å². The Morgan fingerprint density at radius 1 is 1.47 bits per heavy atom. The minimum Gasteiger partial charge on any atom is -0.326 e. The average Bonchev–Trinajstić information content (AvgIpc) is 2.85. The Labute approximate surface area is 96.8 Å². The van der Waals surface area contributed by atoms with E-state index in [4.69, 9.17) is 5.73 Å². The third-order valence-electron chi connectivity index (χ3n) is 2.26. The summed E-state index contributed by atoms with van der Waals surface area (Å²) in [5, 5.41) is 8.57. The SMILES string of the molecule is NCc1ccc(NC(=O)c2ccn[nH]2)c(F)c1. The standard InChI is InChI=1S/C11H11FN4O/c12-8-5-7(6-13)1-2-9(8)15-11(17)10-3-4-14-16-10/h1-5H,6,13H2,(H,14,16)(H,15,17). The molecule has 1 amide bonds. The van der Waals surface area contributed by atoms with Crippen LogP contribution in [-0.2, 0) is 6.54 Å². The topological polar surface area (TPSA) is 83.8 Å². The van der Waals surface area contributed by atoms with E-state index in [1.807, 2.05) is 0 Å². The first-order chi connectivity index (χ1) is 8.20. The van der Waals surface area contributed by atoms with Crippen LogP contribution < -0.4 is 11.1 Å². The fraction of sp³-hybridized carbons (Fsp3) is 0.0909. The highest BCUT2D eigenvalue weighted by Crippen LogP contribution is 2.16. The highest BCUT2D eigenvalue weighted by Gasteiger charge is 2.10. The molecular formula is C11H11FN4O. The first-order valence-electron chi connectivity index (χ1n) is 5.00. The summed E-state index contributed by atoms with van der Waals surface area (Å²) in [7, 11) is 0. The van der Waals surface area contributed by atoms with Gasteiger partial charge < -0.3 is 11.1 Å². The van der Waals surface area contributed by atoms with Gasteiger partial charge in [0.25, 0.3) is 5.91 Å². The van der Waals surface area contributed by atoms with Crippen molar-refractivity contribution in [1.82, 2.24) is 10.2 Å². The van der Waals surface area contributed by atoms with Crippen molar-refractivity contribution in [1.29, 1.82) is 0 Å². The van der Waals surface area contributed by atoms with Gasteiger partial charge in [-0.1, -0.05) is 6.07 Å². The predicted molar refractivity (Wildman–Crippen MR) is 60.8 cm³/mol. The molecule has 5 nitrogen and oxygen atoms in total. The van der Waals surface area contributed by atoms with Crippen molar-refractivity contribution < 1.29 is 9.18 Å². The molecule has 2 rings (SSSR count). The summed E-state index contributed by atoms with van der Waals surface area (Å²) < 4.78 is 13.5. The van der Waals surface area contributed by atoms with Gasteiger partial charge in [-0.25, -0.2) is 4.39 Å². The average molecular weight is 234 g/mol. The summed E-state index contributed by atoms with van der Waals surface area (Å²) in [6.45, 7) is 0.256. The van der Waals surface area contributed by atoms with E-state index >= 15 is 0 Å². The lowest BCUT2D eigenvalue weighted by atomic mass is 10.2. The van der Waals surface area contributed by atoms with Gasteiger partial charge in [-0.05, 0) is 23.8 Å². The third-order valence-corrected chi connectivity index (χ3v) is 2.26. The fourth-order valence-corrected chi connectivity index (χ4v) is 1.36. The monoisotopic (exact) mass is 234 g/mol. The molecule has 0 saturated carbocycles. The first kappa shape index (κ1) is 11.3. The summed E-state index contributed by atoms with van der Waals surface area (Å²) in [6, 6.07) is 5.93. The highest BCUT2D eigenvalue weighted by atomic mass is 19.1. The summed E-state index contributed by atoms with van der Waals surface area (Å²) in [5.74, 6) is -0.956. The van der Waals surface area contributed by atoms with Gasteiger partial charge in [-0.3, -0.25) is 9.89 Å². The van der Waals surface area contributed by atoms with Crippen molar-refractivity contribution in [3.8, 4) is 0 Å². The number of hydrogen-bond acceptors (Lipinski definition) is 3. The van der Waals surface area contributed by atoms with Crippen LogP contribution in [0.5, 0.6) is 0 Å². The molecule has 1 heterocycles. The van der Waals surface area contributed by atoms with Crippen molar-refractivity contribution in [2.75, 3.05) is 5.32 Å². The van der Waals surface area contributed by atoms with Crippen molar-refractivity contribution in [2.45, 2.75) is 6.54 Å². The zero-order valence-electron chi connectivity index (χ0n) is 8.90. The summed E-state index contributed by atoms with van der Waals surface area (Å²) in [5.41, 5.74) is 6.43. The van der Waals surface area contributed by atoms with Gasteiger partial charge in [0.15, 0.2) is 0 Å². The number of hydrogen-bond donors (Lipinski definition) is 3. The molecule has 0 bridgehead atoms. The maximum atomic E-state index is 13.5. The molecule has 6 heteroatoms. The number of carbonyl (C=O) groups is 1. The van der Waals surface area contributed by atoms with Crippen LogP contribution >= 0.6 is 0 Å². The molecule has 0 radical (unpaired) electrons. The van der Waals surface area contributed by atoms with E-state index in [2.05, 4.69) is 15.5 Å². The van der Waals surface area contributed by atoms with E-state index in [0.29, 0.717) is 5.56 Å².